The van der Waals surface area contributed by atoms with Gasteiger partial charge < -0.3 is 25.7 Å². The highest BCUT2D eigenvalue weighted by molar-refractivity contribution is 5.87. The van der Waals surface area contributed by atoms with Gasteiger partial charge in [-0.25, -0.2) is 9.59 Å². The number of nitrogens with one attached hydrogen (secondary N) is 1. The molecule has 146 valence electrons. The maximum Gasteiger partial charge on any atom is 0.503 e. The fourth-order valence-corrected chi connectivity index (χ4v) is 1.63. The van der Waals surface area contributed by atoms with Crippen LogP contribution in [0.1, 0.15) is 59.3 Å². The molecule has 0 aliphatic rings. The molecule has 0 unspecified atom stereocenters. The lowest BCUT2D eigenvalue weighted by Crippen LogP contribution is -2.30. The fourth-order valence-electron chi connectivity index (χ4n) is 1.63. The summed E-state index contributed by atoms with van der Waals surface area (Å²) in [4.78, 5) is 28.5. The molecule has 0 aromatic heterocycles. The van der Waals surface area contributed by atoms with E-state index in [4.69, 9.17) is 30.0 Å². The van der Waals surface area contributed by atoms with Crippen LogP contribution in [0.25, 0.3) is 0 Å². The molecule has 0 heterocycles. The molecule has 0 fully saturated rings. The maximum absolute atomic E-state index is 11.4. The predicted octanol–water partition coefficient (Wildman–Crippen LogP) is 4.43. The number of unbranched alkanes of at least 4 members (excludes halogenated alkanes) is 3. The number of hydrogen-bond donors (Lipinski definition) is 5. The van der Waals surface area contributed by atoms with Crippen LogP contribution < -0.4 is 5.32 Å². The largest absolute Gasteiger partial charge is 0.503 e. The van der Waals surface area contributed by atoms with Crippen molar-refractivity contribution in [1.29, 1.82) is 0 Å². The summed E-state index contributed by atoms with van der Waals surface area (Å²) in [6, 6.07) is 0.269. The third-order valence-electron chi connectivity index (χ3n) is 2.58. The molecule has 25 heavy (non-hydrogen) atoms. The van der Waals surface area contributed by atoms with Gasteiger partial charge in [-0.3, -0.25) is 4.79 Å². The van der Waals surface area contributed by atoms with E-state index in [2.05, 4.69) is 25.2 Å². The second kappa shape index (κ2) is 21.5. The van der Waals surface area contributed by atoms with Crippen molar-refractivity contribution in [2.75, 3.05) is 0 Å². The monoisotopic (exact) mass is 361 g/mol. The SMILES string of the molecule is CCCCC/C=C/C=C/C(=O)N[C@@H](C)CCC.O=C(O)O.O=C(O)O. The van der Waals surface area contributed by atoms with Crippen molar-refractivity contribution < 1.29 is 34.8 Å². The summed E-state index contributed by atoms with van der Waals surface area (Å²) in [7, 11) is 0. The normalized spacial score (nSPS) is 11.0. The first kappa shape index (κ1) is 27.3. The van der Waals surface area contributed by atoms with E-state index in [9.17, 15) is 4.79 Å². The third kappa shape index (κ3) is 44.9. The van der Waals surface area contributed by atoms with Crippen LogP contribution in [-0.2, 0) is 4.79 Å². The molecule has 0 aliphatic carbocycles. The first-order valence-corrected chi connectivity index (χ1v) is 8.14. The van der Waals surface area contributed by atoms with Gasteiger partial charge in [0, 0.05) is 12.1 Å². The molecule has 0 saturated carbocycles. The zero-order valence-electron chi connectivity index (χ0n) is 15.1. The molecule has 0 rings (SSSR count). The Kier molecular flexibility index (Phi) is 23.5. The van der Waals surface area contributed by atoms with Gasteiger partial charge in [-0.2, -0.15) is 0 Å². The highest BCUT2D eigenvalue weighted by Gasteiger charge is 2.01. The van der Waals surface area contributed by atoms with Gasteiger partial charge in [0.1, 0.15) is 0 Å². The van der Waals surface area contributed by atoms with Crippen molar-refractivity contribution in [1.82, 2.24) is 5.32 Å². The third-order valence-corrected chi connectivity index (χ3v) is 2.58. The lowest BCUT2D eigenvalue weighted by atomic mass is 10.2. The second-order valence-electron chi connectivity index (χ2n) is 5.05. The van der Waals surface area contributed by atoms with E-state index >= 15 is 0 Å². The quantitative estimate of drug-likeness (QED) is 0.232. The Labute approximate surface area is 148 Å². The Bertz CT molecular complexity index is 386. The van der Waals surface area contributed by atoms with Gasteiger partial charge >= 0.3 is 12.3 Å². The minimum absolute atomic E-state index is 0.00385. The van der Waals surface area contributed by atoms with Crippen LogP contribution in [0.15, 0.2) is 24.3 Å². The van der Waals surface area contributed by atoms with Crippen molar-refractivity contribution in [3.63, 3.8) is 0 Å². The summed E-state index contributed by atoms with van der Waals surface area (Å²) < 4.78 is 0. The van der Waals surface area contributed by atoms with E-state index in [1.165, 1.54) is 19.3 Å². The molecule has 0 radical (unpaired) electrons. The van der Waals surface area contributed by atoms with Crippen LogP contribution in [-0.4, -0.2) is 44.7 Å². The van der Waals surface area contributed by atoms with E-state index in [1.807, 2.05) is 19.1 Å². The maximum atomic E-state index is 11.4. The number of allylic oxidation sites excluding steroid dienone is 3. The zero-order chi connectivity index (χ0) is 20.1. The van der Waals surface area contributed by atoms with Gasteiger partial charge in [-0.15, -0.1) is 0 Å². The summed E-state index contributed by atoms with van der Waals surface area (Å²) in [6.07, 6.45) is 10.8. The molecule has 0 aromatic rings. The number of amides is 1. The van der Waals surface area contributed by atoms with Gasteiger partial charge in [0.15, 0.2) is 0 Å². The molecule has 0 bridgehead atoms. The Hall–Kier alpha value is -2.51. The highest BCUT2D eigenvalue weighted by atomic mass is 16.6. The van der Waals surface area contributed by atoms with Gasteiger partial charge in [0.2, 0.25) is 5.91 Å². The Morgan fingerprint density at radius 3 is 1.88 bits per heavy atom. The summed E-state index contributed by atoms with van der Waals surface area (Å²) in [5, 5.41) is 30.8. The fraction of sp³-hybridized carbons (Fsp3) is 0.588. The van der Waals surface area contributed by atoms with E-state index in [0.717, 1.165) is 19.3 Å². The molecule has 5 N–H and O–H groups in total. The lowest BCUT2D eigenvalue weighted by molar-refractivity contribution is -0.117. The lowest BCUT2D eigenvalue weighted by Gasteiger charge is -2.09. The van der Waals surface area contributed by atoms with Gasteiger partial charge in [0.05, 0.1) is 0 Å². The highest BCUT2D eigenvalue weighted by Crippen LogP contribution is 1.99. The van der Waals surface area contributed by atoms with Crippen LogP contribution in [0.2, 0.25) is 0 Å². The Morgan fingerprint density at radius 1 is 0.920 bits per heavy atom. The van der Waals surface area contributed by atoms with Crippen molar-refractivity contribution in [2.24, 2.45) is 0 Å². The Balaban J connectivity index is -0.000000503. The second-order valence-corrected chi connectivity index (χ2v) is 5.05. The minimum Gasteiger partial charge on any atom is -0.450 e. The van der Waals surface area contributed by atoms with Gasteiger partial charge in [0.25, 0.3) is 0 Å². The summed E-state index contributed by atoms with van der Waals surface area (Å²) in [5.41, 5.74) is 0. The average Bonchev–Trinajstić information content (AvgIpc) is 2.45. The van der Waals surface area contributed by atoms with Crippen LogP contribution in [0.3, 0.4) is 0 Å². The number of carboxylic acid groups (broad SMARTS) is 4. The average molecular weight is 361 g/mol. The van der Waals surface area contributed by atoms with Gasteiger partial charge in [-0.05, 0) is 26.2 Å². The van der Waals surface area contributed by atoms with E-state index in [1.54, 1.807) is 6.08 Å². The van der Waals surface area contributed by atoms with Crippen molar-refractivity contribution in [2.45, 2.75) is 65.3 Å². The van der Waals surface area contributed by atoms with Crippen LogP contribution in [0.5, 0.6) is 0 Å². The van der Waals surface area contributed by atoms with Crippen molar-refractivity contribution in [3.8, 4) is 0 Å². The molecule has 8 heteroatoms. The molecule has 8 nitrogen and oxygen atoms in total. The Morgan fingerprint density at radius 2 is 1.44 bits per heavy atom. The first-order valence-electron chi connectivity index (χ1n) is 8.14. The predicted molar refractivity (Wildman–Crippen MR) is 96.2 cm³/mol. The van der Waals surface area contributed by atoms with E-state index in [0.29, 0.717) is 0 Å². The minimum atomic E-state index is -1.83. The topological polar surface area (TPSA) is 144 Å². The molecule has 1 atom stereocenters. The summed E-state index contributed by atoms with van der Waals surface area (Å²) in [5.74, 6) is 0.00385. The molecule has 0 aromatic carbocycles. The number of carbonyl (C=O) groups is 3. The van der Waals surface area contributed by atoms with Crippen LogP contribution in [0.4, 0.5) is 9.59 Å². The van der Waals surface area contributed by atoms with Crippen LogP contribution in [0, 0.1) is 0 Å². The van der Waals surface area contributed by atoms with Crippen LogP contribution >= 0.6 is 0 Å². The van der Waals surface area contributed by atoms with E-state index < -0.39 is 12.3 Å². The van der Waals surface area contributed by atoms with Gasteiger partial charge in [-0.1, -0.05) is 51.3 Å². The molecular weight excluding hydrogens is 330 g/mol. The summed E-state index contributed by atoms with van der Waals surface area (Å²) >= 11 is 0. The van der Waals surface area contributed by atoms with Crippen molar-refractivity contribution in [3.05, 3.63) is 24.3 Å². The standard InChI is InChI=1S/C15H27NO.2CH2O3/c1-4-6-7-8-9-10-11-13-15(17)16-14(3)12-5-2;2*2-1(3)4/h9-11,13-14H,4-8,12H2,1-3H3,(H,16,17);2*(H2,2,3,4)/b10-9+,13-11+;;/t14-;;/m0../s1. The molecule has 0 saturated heterocycles. The molecule has 0 aliphatic heterocycles. The molecule has 1 amide bonds. The smallest absolute Gasteiger partial charge is 0.450 e. The first-order chi connectivity index (χ1) is 11.7. The molecule has 0 spiro atoms. The summed E-state index contributed by atoms with van der Waals surface area (Å²) in [6.45, 7) is 6.36. The molecular formula is C17H31NO7. The number of rotatable bonds is 9. The zero-order valence-corrected chi connectivity index (χ0v) is 15.1. The van der Waals surface area contributed by atoms with E-state index in [-0.39, 0.29) is 11.9 Å². The number of carbonyl (C=O) groups excluding carboxylic acids is 1. The van der Waals surface area contributed by atoms with Crippen molar-refractivity contribution >= 4 is 18.2 Å². The number of hydrogen-bond acceptors (Lipinski definition) is 3.